The average Bonchev–Trinajstić information content (AvgIpc) is 3.23. The quantitative estimate of drug-likeness (QED) is 0.358. The Labute approximate surface area is 232 Å². The van der Waals surface area contributed by atoms with Crippen LogP contribution < -0.4 is 14.3 Å². The number of halogens is 1. The minimum Gasteiger partial charge on any atom is -0.494 e. The van der Waals surface area contributed by atoms with E-state index in [2.05, 4.69) is 20.1 Å². The van der Waals surface area contributed by atoms with E-state index in [0.717, 1.165) is 11.3 Å². The molecule has 3 aromatic heterocycles. The minimum atomic E-state index is -1.78. The van der Waals surface area contributed by atoms with Gasteiger partial charge in [0.2, 0.25) is 4.80 Å². The number of carboxylic acids is 2. The highest BCUT2D eigenvalue weighted by Crippen LogP contribution is 2.43. The van der Waals surface area contributed by atoms with Gasteiger partial charge in [0, 0.05) is 23.0 Å². The fourth-order valence-corrected chi connectivity index (χ4v) is 4.86. The molecule has 0 aliphatic rings. The molecular weight excluding hydrogens is 550 g/mol. The topological polar surface area (TPSA) is 166 Å². The summed E-state index contributed by atoms with van der Waals surface area (Å²) in [7, 11) is 2.82. The molecule has 0 fully saturated rings. The zero-order chi connectivity index (χ0) is 29.1. The second-order valence-corrected chi connectivity index (χ2v) is 11.0. The Bertz CT molecular complexity index is 1490. The van der Waals surface area contributed by atoms with Gasteiger partial charge in [-0.15, -0.1) is 5.10 Å². The molecule has 12 nitrogen and oxygen atoms in total. The van der Waals surface area contributed by atoms with E-state index in [0.29, 0.717) is 22.6 Å². The number of ether oxygens (including phenoxy) is 2. The predicted molar refractivity (Wildman–Crippen MR) is 142 cm³/mol. The highest BCUT2D eigenvalue weighted by molar-refractivity contribution is 7.10. The van der Waals surface area contributed by atoms with Gasteiger partial charge in [-0.3, -0.25) is 19.4 Å². The number of aromatic nitrogens is 4. The maximum Gasteiger partial charge on any atom is 0.312 e. The lowest BCUT2D eigenvalue weighted by Gasteiger charge is -2.39. The molecule has 208 valence electrons. The zero-order valence-corrected chi connectivity index (χ0v) is 23.8. The van der Waals surface area contributed by atoms with Crippen molar-refractivity contribution in [3.8, 4) is 22.1 Å². The summed E-state index contributed by atoms with van der Waals surface area (Å²) in [6.07, 6.45) is 2.12. The first-order valence-corrected chi connectivity index (χ1v) is 12.7. The maximum atomic E-state index is 13.5. The third kappa shape index (κ3) is 6.25. The number of hydrogen-bond donors (Lipinski definition) is 2. The Morgan fingerprint density at radius 2 is 1.77 bits per heavy atom. The number of methoxy groups -OCH3 is 2. The van der Waals surface area contributed by atoms with Crippen molar-refractivity contribution in [3.05, 3.63) is 45.7 Å². The molecule has 0 aliphatic carbocycles. The number of carbonyl (C=O) groups excluding carboxylic acids is 1. The lowest BCUT2D eigenvalue weighted by molar-refractivity contribution is -0.165. The molecule has 0 saturated heterocycles. The van der Waals surface area contributed by atoms with Crippen molar-refractivity contribution in [3.63, 3.8) is 0 Å². The number of rotatable bonds is 9. The smallest absolute Gasteiger partial charge is 0.312 e. The Morgan fingerprint density at radius 3 is 2.33 bits per heavy atom. The van der Waals surface area contributed by atoms with E-state index in [1.165, 1.54) is 31.3 Å². The largest absolute Gasteiger partial charge is 0.494 e. The molecule has 14 heteroatoms. The van der Waals surface area contributed by atoms with Crippen LogP contribution in [0, 0.1) is 17.8 Å². The number of pyridine rings is 2. The number of aliphatic carboxylic acids is 2. The average molecular weight is 578 g/mol. The van der Waals surface area contributed by atoms with Gasteiger partial charge in [-0.2, -0.15) is 4.99 Å². The second kappa shape index (κ2) is 11.5. The van der Waals surface area contributed by atoms with Crippen LogP contribution in [-0.4, -0.2) is 62.0 Å². The summed E-state index contributed by atoms with van der Waals surface area (Å²) in [6.45, 7) is 6.28. The molecule has 0 saturated carbocycles. The number of hydrogen-bond acceptors (Lipinski definition) is 9. The number of carbonyl (C=O) groups is 3. The molecule has 3 heterocycles. The number of carboxylic acid groups (broad SMARTS) is 2. The van der Waals surface area contributed by atoms with Gasteiger partial charge in [-0.05, 0) is 35.8 Å². The monoisotopic (exact) mass is 577 g/mol. The van der Waals surface area contributed by atoms with Gasteiger partial charge in [0.05, 0.1) is 38.9 Å². The van der Waals surface area contributed by atoms with Gasteiger partial charge < -0.3 is 19.7 Å². The minimum absolute atomic E-state index is 0.0170. The Balaban J connectivity index is 2.21. The normalized spacial score (nSPS) is 13.6. The lowest BCUT2D eigenvalue weighted by atomic mass is 9.64. The molecule has 0 radical (unpaired) electrons. The van der Waals surface area contributed by atoms with Gasteiger partial charge in [0.1, 0.15) is 16.3 Å². The van der Waals surface area contributed by atoms with Crippen LogP contribution in [0.1, 0.15) is 43.2 Å². The van der Waals surface area contributed by atoms with Crippen molar-refractivity contribution in [2.75, 3.05) is 14.2 Å². The summed E-state index contributed by atoms with van der Waals surface area (Å²) in [6, 6.07) is 3.23. The van der Waals surface area contributed by atoms with Gasteiger partial charge in [-0.1, -0.05) is 32.4 Å². The van der Waals surface area contributed by atoms with E-state index in [1.807, 2.05) is 0 Å². The van der Waals surface area contributed by atoms with Crippen molar-refractivity contribution < 1.29 is 34.1 Å². The molecule has 2 N–H and O–H groups in total. The van der Waals surface area contributed by atoms with E-state index in [4.69, 9.17) is 21.1 Å². The molecule has 3 rings (SSSR count). The third-order valence-corrected chi connectivity index (χ3v) is 7.42. The highest BCUT2D eigenvalue weighted by Gasteiger charge is 2.51. The van der Waals surface area contributed by atoms with Crippen molar-refractivity contribution in [2.45, 2.75) is 40.7 Å². The standard InChI is InChI=1S/C25H28ClN5O7S/c1-13-7-14(15-8-18(26)28-11-17(15)37-5)16(10-27-13)20(34)29-22-31(30-23(38-6)39-22)12-25(21(35)36,9-19(32)33)24(2,3)4/h7-8,10-11H,9,12H2,1-6H3,(H,32,33)(H,35,36). The first-order valence-electron chi connectivity index (χ1n) is 11.5. The van der Waals surface area contributed by atoms with Crippen molar-refractivity contribution in [2.24, 2.45) is 15.8 Å². The Morgan fingerprint density at radius 1 is 1.08 bits per heavy atom. The molecule has 1 amide bonds. The van der Waals surface area contributed by atoms with Gasteiger partial charge in [0.25, 0.3) is 11.1 Å². The van der Waals surface area contributed by atoms with Crippen LogP contribution in [0.4, 0.5) is 0 Å². The Hall–Kier alpha value is -3.84. The molecule has 0 bridgehead atoms. The van der Waals surface area contributed by atoms with Crippen LogP contribution in [0.2, 0.25) is 5.15 Å². The van der Waals surface area contributed by atoms with Crippen molar-refractivity contribution in [1.29, 1.82) is 0 Å². The molecule has 0 spiro atoms. The molecule has 1 atom stereocenters. The van der Waals surface area contributed by atoms with Crippen LogP contribution in [0.25, 0.3) is 11.1 Å². The summed E-state index contributed by atoms with van der Waals surface area (Å²) >= 11 is 7.03. The summed E-state index contributed by atoms with van der Waals surface area (Å²) in [5.41, 5.74) is -1.11. The second-order valence-electron chi connectivity index (χ2n) is 9.72. The number of amides is 1. The van der Waals surface area contributed by atoms with Crippen molar-refractivity contribution in [1.82, 2.24) is 19.7 Å². The van der Waals surface area contributed by atoms with E-state index in [9.17, 15) is 24.6 Å². The molecule has 1 unspecified atom stereocenters. The zero-order valence-electron chi connectivity index (χ0n) is 22.2. The van der Waals surface area contributed by atoms with Crippen LogP contribution in [0.5, 0.6) is 10.9 Å². The summed E-state index contributed by atoms with van der Waals surface area (Å²) in [5.74, 6) is -2.94. The summed E-state index contributed by atoms with van der Waals surface area (Å²) in [4.78, 5) is 50.3. The third-order valence-electron chi connectivity index (χ3n) is 6.31. The molecule has 0 aromatic carbocycles. The van der Waals surface area contributed by atoms with Crippen molar-refractivity contribution >= 4 is 40.8 Å². The van der Waals surface area contributed by atoms with Crippen LogP contribution in [0.3, 0.4) is 0 Å². The van der Waals surface area contributed by atoms with Crippen LogP contribution in [-0.2, 0) is 16.1 Å². The van der Waals surface area contributed by atoms with E-state index >= 15 is 0 Å². The predicted octanol–water partition coefficient (Wildman–Crippen LogP) is 3.71. The van der Waals surface area contributed by atoms with Crippen LogP contribution in [0.15, 0.2) is 29.5 Å². The van der Waals surface area contributed by atoms with E-state index in [1.54, 1.807) is 39.8 Å². The maximum absolute atomic E-state index is 13.5. The molecule has 0 aliphatic heterocycles. The lowest BCUT2D eigenvalue weighted by Crippen LogP contribution is -2.49. The molecule has 39 heavy (non-hydrogen) atoms. The van der Waals surface area contributed by atoms with Gasteiger partial charge in [0.15, 0.2) is 0 Å². The van der Waals surface area contributed by atoms with Crippen LogP contribution >= 0.6 is 22.9 Å². The summed E-state index contributed by atoms with van der Waals surface area (Å²) in [5, 5.41) is 24.3. The fraction of sp³-hybridized carbons (Fsp3) is 0.400. The first-order chi connectivity index (χ1) is 18.2. The Kier molecular flexibility index (Phi) is 8.76. The van der Waals surface area contributed by atoms with Gasteiger partial charge >= 0.3 is 11.9 Å². The molecule has 3 aromatic rings. The van der Waals surface area contributed by atoms with Gasteiger partial charge in [-0.25, -0.2) is 9.67 Å². The molecular formula is C25H28ClN5O7S. The fourth-order valence-electron chi connectivity index (χ4n) is 3.99. The first kappa shape index (κ1) is 29.7. The highest BCUT2D eigenvalue weighted by atomic mass is 35.5. The number of aryl methyl sites for hydroxylation is 1. The van der Waals surface area contributed by atoms with E-state index < -0.39 is 35.1 Å². The summed E-state index contributed by atoms with van der Waals surface area (Å²) < 4.78 is 11.8. The number of nitrogens with zero attached hydrogens (tertiary/aromatic N) is 5. The SMILES string of the molecule is COc1nn(CC(CC(=O)O)(C(=O)O)C(C)(C)C)c(=NC(=O)c2cnc(C)cc2-c2cc(Cl)ncc2OC)s1. The van der Waals surface area contributed by atoms with E-state index in [-0.39, 0.29) is 27.3 Å².